The fourth-order valence-electron chi connectivity index (χ4n) is 3.04. The van der Waals surface area contributed by atoms with Gasteiger partial charge in [-0.1, -0.05) is 30.0 Å². The van der Waals surface area contributed by atoms with E-state index >= 15 is 0 Å². The SMILES string of the molecule is CCOCCCN1C(=O)C(=Cc2c(NCCO)nc3c(C)cccn3c2=O)SC1=S. The van der Waals surface area contributed by atoms with E-state index in [1.54, 1.807) is 12.3 Å². The third-order valence-electron chi connectivity index (χ3n) is 4.51. The maximum Gasteiger partial charge on any atom is 0.267 e. The highest BCUT2D eigenvalue weighted by Gasteiger charge is 2.32. The number of thiocarbonyl (C=S) groups is 1. The molecule has 160 valence electrons. The normalized spacial score (nSPS) is 15.6. The number of aromatic nitrogens is 2. The van der Waals surface area contributed by atoms with Gasteiger partial charge in [0.05, 0.1) is 17.1 Å². The van der Waals surface area contributed by atoms with Gasteiger partial charge in [0.2, 0.25) is 0 Å². The number of aliphatic hydroxyl groups excluding tert-OH is 1. The van der Waals surface area contributed by atoms with E-state index in [2.05, 4.69) is 10.3 Å². The molecule has 1 amide bonds. The third-order valence-corrected chi connectivity index (χ3v) is 5.89. The van der Waals surface area contributed by atoms with Gasteiger partial charge in [-0.15, -0.1) is 0 Å². The Morgan fingerprint density at radius 2 is 2.20 bits per heavy atom. The first-order chi connectivity index (χ1) is 14.5. The van der Waals surface area contributed by atoms with Gasteiger partial charge in [-0.3, -0.25) is 18.9 Å². The summed E-state index contributed by atoms with van der Waals surface area (Å²) < 4.78 is 7.23. The van der Waals surface area contributed by atoms with Crippen molar-refractivity contribution in [2.45, 2.75) is 20.3 Å². The number of hydrogen-bond donors (Lipinski definition) is 2. The second kappa shape index (κ2) is 10.2. The number of carbonyl (C=O) groups is 1. The number of aryl methyl sites for hydroxylation is 1. The first-order valence-electron chi connectivity index (χ1n) is 9.67. The molecule has 1 aliphatic heterocycles. The second-order valence-electron chi connectivity index (χ2n) is 6.60. The van der Waals surface area contributed by atoms with Gasteiger partial charge in [-0.2, -0.15) is 0 Å². The molecule has 10 heteroatoms. The van der Waals surface area contributed by atoms with Crippen LogP contribution in [0.2, 0.25) is 0 Å². The minimum absolute atomic E-state index is 0.115. The average molecular weight is 449 g/mol. The predicted octanol–water partition coefficient (Wildman–Crippen LogP) is 2.03. The summed E-state index contributed by atoms with van der Waals surface area (Å²) in [5, 5.41) is 12.2. The summed E-state index contributed by atoms with van der Waals surface area (Å²) >= 11 is 6.52. The smallest absolute Gasteiger partial charge is 0.267 e. The zero-order valence-corrected chi connectivity index (χ0v) is 18.5. The molecule has 2 aromatic heterocycles. The van der Waals surface area contributed by atoms with Gasteiger partial charge in [0, 0.05) is 32.5 Å². The van der Waals surface area contributed by atoms with E-state index in [-0.39, 0.29) is 30.2 Å². The van der Waals surface area contributed by atoms with Crippen molar-refractivity contribution >= 4 is 51.7 Å². The molecule has 30 heavy (non-hydrogen) atoms. The molecule has 2 aromatic rings. The van der Waals surface area contributed by atoms with Crippen molar-refractivity contribution < 1.29 is 14.6 Å². The standard InChI is InChI=1S/C20H24N4O4S2/c1-3-28-11-5-9-24-19(27)15(30-20(24)29)12-14-16(21-7-10-25)22-17-13(2)6-4-8-23(17)18(14)26/h4,6,8,12,21,25H,3,5,7,9-11H2,1-2H3. The summed E-state index contributed by atoms with van der Waals surface area (Å²) in [6.07, 6.45) is 3.85. The van der Waals surface area contributed by atoms with Crippen LogP contribution < -0.4 is 10.9 Å². The van der Waals surface area contributed by atoms with Crippen molar-refractivity contribution in [2.24, 2.45) is 0 Å². The van der Waals surface area contributed by atoms with E-state index < -0.39 is 0 Å². The maximum absolute atomic E-state index is 13.2. The number of thioether (sulfide) groups is 1. The molecule has 0 bridgehead atoms. The van der Waals surface area contributed by atoms with Crippen molar-refractivity contribution in [3.63, 3.8) is 0 Å². The number of fused-ring (bicyclic) bond motifs is 1. The van der Waals surface area contributed by atoms with Crippen LogP contribution in [-0.2, 0) is 9.53 Å². The zero-order chi connectivity index (χ0) is 21.7. The molecule has 3 heterocycles. The third kappa shape index (κ3) is 4.72. The van der Waals surface area contributed by atoms with Gasteiger partial charge in [-0.25, -0.2) is 4.98 Å². The molecule has 3 rings (SSSR count). The molecule has 2 N–H and O–H groups in total. The number of nitrogens with one attached hydrogen (secondary N) is 1. The van der Waals surface area contributed by atoms with Crippen molar-refractivity contribution in [1.29, 1.82) is 0 Å². The van der Waals surface area contributed by atoms with Crippen LogP contribution >= 0.6 is 24.0 Å². The van der Waals surface area contributed by atoms with E-state index in [1.807, 2.05) is 19.9 Å². The molecule has 8 nitrogen and oxygen atoms in total. The molecular weight excluding hydrogens is 424 g/mol. The minimum Gasteiger partial charge on any atom is -0.395 e. The molecule has 0 atom stereocenters. The van der Waals surface area contributed by atoms with E-state index in [1.165, 1.54) is 27.1 Å². The molecule has 0 saturated carbocycles. The number of aliphatic hydroxyl groups is 1. The Morgan fingerprint density at radius 1 is 1.40 bits per heavy atom. The van der Waals surface area contributed by atoms with Gasteiger partial charge in [0.25, 0.3) is 11.5 Å². The van der Waals surface area contributed by atoms with Crippen LogP contribution in [0.3, 0.4) is 0 Å². The Balaban J connectivity index is 1.98. The molecule has 0 unspecified atom stereocenters. The monoisotopic (exact) mass is 448 g/mol. The molecule has 0 spiro atoms. The maximum atomic E-state index is 13.2. The Bertz CT molecular complexity index is 1050. The number of anilines is 1. The summed E-state index contributed by atoms with van der Waals surface area (Å²) in [4.78, 5) is 32.5. The number of hydrogen-bond acceptors (Lipinski definition) is 8. The molecule has 1 fully saturated rings. The van der Waals surface area contributed by atoms with E-state index in [0.717, 1.165) is 5.56 Å². The Labute approximate surface area is 183 Å². The molecule has 1 aliphatic rings. The van der Waals surface area contributed by atoms with Gasteiger partial charge >= 0.3 is 0 Å². The number of rotatable bonds is 9. The van der Waals surface area contributed by atoms with E-state index in [0.29, 0.717) is 46.9 Å². The largest absolute Gasteiger partial charge is 0.395 e. The Kier molecular flexibility index (Phi) is 7.59. The van der Waals surface area contributed by atoms with Crippen LogP contribution in [0.5, 0.6) is 0 Å². The fraction of sp³-hybridized carbons (Fsp3) is 0.400. The van der Waals surface area contributed by atoms with Crippen LogP contribution in [0.25, 0.3) is 11.7 Å². The van der Waals surface area contributed by atoms with Crippen molar-refractivity contribution in [3.05, 3.63) is 44.7 Å². The van der Waals surface area contributed by atoms with Crippen LogP contribution in [-0.4, -0.2) is 62.5 Å². The Hall–Kier alpha value is -2.27. The number of carbonyl (C=O) groups excluding carboxylic acids is 1. The van der Waals surface area contributed by atoms with Crippen LogP contribution in [0.1, 0.15) is 24.5 Å². The van der Waals surface area contributed by atoms with Gasteiger partial charge < -0.3 is 15.2 Å². The summed E-state index contributed by atoms with van der Waals surface area (Å²) in [7, 11) is 0. The molecule has 0 radical (unpaired) electrons. The Morgan fingerprint density at radius 3 is 2.93 bits per heavy atom. The van der Waals surface area contributed by atoms with Crippen LogP contribution in [0.15, 0.2) is 28.0 Å². The second-order valence-corrected chi connectivity index (χ2v) is 8.27. The highest BCUT2D eigenvalue weighted by molar-refractivity contribution is 8.26. The lowest BCUT2D eigenvalue weighted by atomic mass is 10.2. The minimum atomic E-state index is -0.300. The summed E-state index contributed by atoms with van der Waals surface area (Å²) in [6, 6.07) is 3.64. The van der Waals surface area contributed by atoms with Gasteiger partial charge in [-0.05, 0) is 38.0 Å². The average Bonchev–Trinajstić information content (AvgIpc) is 2.99. The summed E-state index contributed by atoms with van der Waals surface area (Å²) in [5.74, 6) is 0.0910. The first kappa shape index (κ1) is 22.4. The first-order valence-corrected chi connectivity index (χ1v) is 10.9. The van der Waals surface area contributed by atoms with E-state index in [9.17, 15) is 14.7 Å². The van der Waals surface area contributed by atoms with Gasteiger partial charge in [0.1, 0.15) is 15.8 Å². The fourth-order valence-corrected chi connectivity index (χ4v) is 4.33. The summed E-state index contributed by atoms with van der Waals surface area (Å²) in [5.41, 5.74) is 1.31. The lowest BCUT2D eigenvalue weighted by Gasteiger charge is -2.14. The molecular formula is C20H24N4O4S2. The molecule has 1 saturated heterocycles. The number of amides is 1. The highest BCUT2D eigenvalue weighted by atomic mass is 32.2. The lowest BCUT2D eigenvalue weighted by molar-refractivity contribution is -0.122. The van der Waals surface area contributed by atoms with Crippen LogP contribution in [0.4, 0.5) is 5.82 Å². The summed E-state index contributed by atoms with van der Waals surface area (Å²) in [6.45, 7) is 5.54. The molecule has 0 aliphatic carbocycles. The van der Waals surface area contributed by atoms with Crippen molar-refractivity contribution in [2.75, 3.05) is 38.2 Å². The van der Waals surface area contributed by atoms with Crippen molar-refractivity contribution in [1.82, 2.24) is 14.3 Å². The quantitative estimate of drug-likeness (QED) is 0.342. The number of ether oxygens (including phenoxy) is 1. The number of nitrogens with zero attached hydrogens (tertiary/aromatic N) is 3. The van der Waals surface area contributed by atoms with Crippen LogP contribution in [0, 0.1) is 6.92 Å². The topological polar surface area (TPSA) is 96.2 Å². The molecule has 0 aromatic carbocycles. The zero-order valence-electron chi connectivity index (χ0n) is 16.9. The van der Waals surface area contributed by atoms with Gasteiger partial charge in [0.15, 0.2) is 0 Å². The van der Waals surface area contributed by atoms with Crippen molar-refractivity contribution in [3.8, 4) is 0 Å². The highest BCUT2D eigenvalue weighted by Crippen LogP contribution is 2.33. The lowest BCUT2D eigenvalue weighted by Crippen LogP contribution is -2.29. The predicted molar refractivity (Wildman–Crippen MR) is 123 cm³/mol. The number of pyridine rings is 1. The van der Waals surface area contributed by atoms with E-state index in [4.69, 9.17) is 17.0 Å².